The van der Waals surface area contributed by atoms with Gasteiger partial charge >= 0.3 is 0 Å². The fourth-order valence-corrected chi connectivity index (χ4v) is 1.76. The van der Waals surface area contributed by atoms with E-state index in [1.807, 2.05) is 6.08 Å². The quantitative estimate of drug-likeness (QED) is 0.665. The van der Waals surface area contributed by atoms with Gasteiger partial charge in [0.25, 0.3) is 0 Å². The van der Waals surface area contributed by atoms with Crippen molar-refractivity contribution >= 4 is 11.4 Å². The summed E-state index contributed by atoms with van der Waals surface area (Å²) in [5.41, 5.74) is 1.99. The molecule has 0 N–H and O–H groups in total. The number of rotatable bonds is 1. The van der Waals surface area contributed by atoms with Crippen LogP contribution in [0.25, 0.3) is 5.57 Å². The number of hydrogen-bond acceptors (Lipinski definition) is 1. The first kappa shape index (κ1) is 9.13. The monoisotopic (exact) mass is 190 g/mol. The first-order valence-corrected chi connectivity index (χ1v) is 4.69. The maximum atomic E-state index is 13.2. The fourth-order valence-electron chi connectivity index (χ4n) is 1.76. The minimum absolute atomic E-state index is 0.124. The molecule has 2 heteroatoms. The third-order valence-electron chi connectivity index (χ3n) is 2.58. The predicted octanol–water partition coefficient (Wildman–Crippen LogP) is 2.88. The molecule has 0 unspecified atom stereocenters. The Kier molecular flexibility index (Phi) is 2.20. The lowest BCUT2D eigenvalue weighted by Crippen LogP contribution is -1.98. The first-order chi connectivity index (χ1) is 6.70. The third-order valence-corrected chi connectivity index (χ3v) is 2.58. The highest BCUT2D eigenvalue weighted by molar-refractivity contribution is 6.22. The lowest BCUT2D eigenvalue weighted by atomic mass is 9.99. The standard InChI is InChI=1S/C12H11FO/c1-8-9(4-2-6-11(8)13)10-5-3-7-12(10)14/h2,4-6H,3,7H2,1H3. The number of carbonyl (C=O) groups is 1. The molecule has 0 radical (unpaired) electrons. The second-order valence-electron chi connectivity index (χ2n) is 3.49. The molecule has 0 spiro atoms. The summed E-state index contributed by atoms with van der Waals surface area (Å²) in [4.78, 5) is 11.4. The van der Waals surface area contributed by atoms with Gasteiger partial charge in [0.2, 0.25) is 0 Å². The molecule has 14 heavy (non-hydrogen) atoms. The van der Waals surface area contributed by atoms with Crippen LogP contribution in [0.1, 0.15) is 24.0 Å². The fraction of sp³-hybridized carbons (Fsp3) is 0.250. The van der Waals surface area contributed by atoms with E-state index in [0.29, 0.717) is 17.6 Å². The number of benzene rings is 1. The zero-order valence-electron chi connectivity index (χ0n) is 8.01. The van der Waals surface area contributed by atoms with Gasteiger partial charge in [0.1, 0.15) is 5.82 Å². The van der Waals surface area contributed by atoms with Crippen LogP contribution in [0, 0.1) is 12.7 Å². The van der Waals surface area contributed by atoms with E-state index in [2.05, 4.69) is 0 Å². The highest BCUT2D eigenvalue weighted by Gasteiger charge is 2.18. The minimum atomic E-state index is -0.247. The summed E-state index contributed by atoms with van der Waals surface area (Å²) < 4.78 is 13.2. The van der Waals surface area contributed by atoms with Gasteiger partial charge in [-0.2, -0.15) is 0 Å². The second kappa shape index (κ2) is 3.37. The third kappa shape index (κ3) is 1.37. The van der Waals surface area contributed by atoms with Crippen LogP contribution in [-0.4, -0.2) is 5.78 Å². The lowest BCUT2D eigenvalue weighted by Gasteiger charge is -2.06. The second-order valence-corrected chi connectivity index (χ2v) is 3.49. The van der Waals surface area contributed by atoms with Gasteiger partial charge in [-0.15, -0.1) is 0 Å². The molecule has 0 aliphatic heterocycles. The molecule has 1 aromatic rings. The van der Waals surface area contributed by atoms with Crippen molar-refractivity contribution in [1.82, 2.24) is 0 Å². The Hall–Kier alpha value is -1.44. The Bertz CT molecular complexity index is 418. The smallest absolute Gasteiger partial charge is 0.163 e. The molecule has 72 valence electrons. The van der Waals surface area contributed by atoms with Crippen LogP contribution in [0.15, 0.2) is 24.3 Å². The maximum absolute atomic E-state index is 13.2. The molecule has 1 aromatic carbocycles. The predicted molar refractivity (Wildman–Crippen MR) is 53.4 cm³/mol. The molecule has 1 aliphatic carbocycles. The zero-order valence-corrected chi connectivity index (χ0v) is 8.01. The summed E-state index contributed by atoms with van der Waals surface area (Å²) in [5, 5.41) is 0. The van der Waals surface area contributed by atoms with Crippen LogP contribution in [0.2, 0.25) is 0 Å². The summed E-state index contributed by atoms with van der Waals surface area (Å²) >= 11 is 0. The van der Waals surface area contributed by atoms with Crippen molar-refractivity contribution in [2.75, 3.05) is 0 Å². The normalized spacial score (nSPS) is 15.9. The largest absolute Gasteiger partial charge is 0.294 e. The van der Waals surface area contributed by atoms with Crippen molar-refractivity contribution in [3.05, 3.63) is 41.2 Å². The molecule has 0 aromatic heterocycles. The van der Waals surface area contributed by atoms with Crippen molar-refractivity contribution < 1.29 is 9.18 Å². The van der Waals surface area contributed by atoms with Gasteiger partial charge in [-0.3, -0.25) is 4.79 Å². The van der Waals surface area contributed by atoms with Gasteiger partial charge in [0.05, 0.1) is 0 Å². The van der Waals surface area contributed by atoms with Gasteiger partial charge < -0.3 is 0 Å². The lowest BCUT2D eigenvalue weighted by molar-refractivity contribution is -0.113. The van der Waals surface area contributed by atoms with Crippen LogP contribution in [-0.2, 0) is 4.79 Å². The summed E-state index contributed by atoms with van der Waals surface area (Å²) in [5.74, 6) is -0.123. The van der Waals surface area contributed by atoms with E-state index in [9.17, 15) is 9.18 Å². The van der Waals surface area contributed by atoms with E-state index in [1.165, 1.54) is 6.07 Å². The van der Waals surface area contributed by atoms with Crippen LogP contribution in [0.4, 0.5) is 4.39 Å². The van der Waals surface area contributed by atoms with Crippen molar-refractivity contribution in [2.45, 2.75) is 19.8 Å². The molecule has 0 atom stereocenters. The number of carbonyl (C=O) groups excluding carboxylic acids is 1. The van der Waals surface area contributed by atoms with Crippen LogP contribution < -0.4 is 0 Å². The molecule has 0 saturated heterocycles. The number of halogens is 1. The SMILES string of the molecule is Cc1c(F)cccc1C1=CCCC1=O. The number of Topliss-reactive ketones (excluding diaryl/α,β-unsaturated/α-hetero) is 1. The number of ketones is 1. The number of hydrogen-bond donors (Lipinski definition) is 0. The molecule has 0 amide bonds. The van der Waals surface area contributed by atoms with Gasteiger partial charge in [0.15, 0.2) is 5.78 Å². The van der Waals surface area contributed by atoms with E-state index in [0.717, 1.165) is 12.0 Å². The van der Waals surface area contributed by atoms with Crippen molar-refractivity contribution in [3.8, 4) is 0 Å². The molecule has 0 saturated carbocycles. The van der Waals surface area contributed by atoms with Gasteiger partial charge in [-0.1, -0.05) is 18.2 Å². The summed E-state index contributed by atoms with van der Waals surface area (Å²) in [6.45, 7) is 1.71. The first-order valence-electron chi connectivity index (χ1n) is 4.69. The Morgan fingerprint density at radius 2 is 2.14 bits per heavy atom. The van der Waals surface area contributed by atoms with E-state index < -0.39 is 0 Å². The Balaban J connectivity index is 2.51. The Morgan fingerprint density at radius 3 is 2.79 bits per heavy atom. The van der Waals surface area contributed by atoms with Crippen LogP contribution >= 0.6 is 0 Å². The van der Waals surface area contributed by atoms with Gasteiger partial charge in [-0.25, -0.2) is 4.39 Å². The number of allylic oxidation sites excluding steroid dienone is 2. The summed E-state index contributed by atoms with van der Waals surface area (Å²) in [6.07, 6.45) is 3.24. The van der Waals surface area contributed by atoms with Crippen LogP contribution in [0.3, 0.4) is 0 Å². The summed E-state index contributed by atoms with van der Waals surface area (Å²) in [7, 11) is 0. The zero-order chi connectivity index (χ0) is 10.1. The van der Waals surface area contributed by atoms with E-state index in [1.54, 1.807) is 19.1 Å². The molecule has 0 heterocycles. The van der Waals surface area contributed by atoms with Gasteiger partial charge in [-0.05, 0) is 30.5 Å². The topological polar surface area (TPSA) is 17.1 Å². The molecule has 1 aliphatic rings. The highest BCUT2D eigenvalue weighted by atomic mass is 19.1. The van der Waals surface area contributed by atoms with Crippen molar-refractivity contribution in [1.29, 1.82) is 0 Å². The Morgan fingerprint density at radius 1 is 1.36 bits per heavy atom. The van der Waals surface area contributed by atoms with E-state index in [-0.39, 0.29) is 11.6 Å². The summed E-state index contributed by atoms with van der Waals surface area (Å²) in [6, 6.07) is 4.86. The average Bonchev–Trinajstić information content (AvgIpc) is 2.57. The van der Waals surface area contributed by atoms with Crippen LogP contribution in [0.5, 0.6) is 0 Å². The van der Waals surface area contributed by atoms with Crippen molar-refractivity contribution in [3.63, 3.8) is 0 Å². The molecule has 0 fully saturated rings. The highest BCUT2D eigenvalue weighted by Crippen LogP contribution is 2.27. The van der Waals surface area contributed by atoms with Gasteiger partial charge in [0, 0.05) is 12.0 Å². The maximum Gasteiger partial charge on any atom is 0.163 e. The molecule has 0 bridgehead atoms. The molecule has 1 nitrogen and oxygen atoms in total. The minimum Gasteiger partial charge on any atom is -0.294 e. The van der Waals surface area contributed by atoms with E-state index >= 15 is 0 Å². The molecular formula is C12H11FO. The van der Waals surface area contributed by atoms with Crippen molar-refractivity contribution in [2.24, 2.45) is 0 Å². The average molecular weight is 190 g/mol. The Labute approximate surface area is 82.3 Å². The molecule has 2 rings (SSSR count). The molecular weight excluding hydrogens is 179 g/mol. The van der Waals surface area contributed by atoms with E-state index in [4.69, 9.17) is 0 Å².